The van der Waals surface area contributed by atoms with Crippen molar-refractivity contribution < 1.29 is 15.3 Å². The summed E-state index contributed by atoms with van der Waals surface area (Å²) in [7, 11) is 0. The molecule has 0 fully saturated rings. The standard InChI is InChI=1S/C3H6O2.C2H8N2/c1-2-3(4)5;1-2-4-3/h2H2,1H3,(H,4,5);4H,2-3H2,1H3. The van der Waals surface area contributed by atoms with Crippen LogP contribution < -0.4 is 16.4 Å². The van der Waals surface area contributed by atoms with Crippen LogP contribution in [0.2, 0.25) is 0 Å². The molecule has 0 rings (SSSR count). The van der Waals surface area contributed by atoms with E-state index in [2.05, 4.69) is 0 Å². The van der Waals surface area contributed by atoms with E-state index in [0.29, 0.717) is 0 Å². The minimum atomic E-state index is -0.995. The van der Waals surface area contributed by atoms with Crippen LogP contribution in [-0.4, -0.2) is 12.5 Å². The van der Waals surface area contributed by atoms with Crippen LogP contribution in [0.1, 0.15) is 20.3 Å². The number of carboxylic acids is 1. The summed E-state index contributed by atoms with van der Waals surface area (Å²) in [5.74, 6) is 3.91. The highest BCUT2D eigenvalue weighted by atomic mass is 16.4. The van der Waals surface area contributed by atoms with Gasteiger partial charge in [0, 0.05) is 5.97 Å². The quantitative estimate of drug-likeness (QED) is 0.326. The summed E-state index contributed by atoms with van der Waals surface area (Å²) in [6, 6.07) is 0. The lowest BCUT2D eigenvalue weighted by Gasteiger charge is -1.87. The third-order valence-corrected chi connectivity index (χ3v) is 0.524. The first kappa shape index (κ1) is 11.2. The van der Waals surface area contributed by atoms with Crippen molar-refractivity contribution in [2.75, 3.05) is 6.54 Å². The largest absolute Gasteiger partial charge is 0.550 e. The van der Waals surface area contributed by atoms with Gasteiger partial charge in [-0.2, -0.15) is 5.84 Å². The number of rotatable bonds is 2. The van der Waals surface area contributed by atoms with E-state index < -0.39 is 5.97 Å². The Bertz CT molecular complexity index is 64.0. The maximum absolute atomic E-state index is 9.26. The molecular weight excluding hydrogens is 120 g/mol. The van der Waals surface area contributed by atoms with Gasteiger partial charge < -0.3 is 9.90 Å². The number of nitrogens with two attached hydrogens (primary N) is 2. The third kappa shape index (κ3) is 37.6. The first-order valence-corrected chi connectivity index (χ1v) is 2.92. The number of aliphatic carboxylic acids is 1. The highest BCUT2D eigenvalue weighted by Gasteiger charge is 1.65. The van der Waals surface area contributed by atoms with Crippen molar-refractivity contribution in [2.45, 2.75) is 20.3 Å². The lowest BCUT2D eigenvalue weighted by molar-refractivity contribution is -0.664. The van der Waals surface area contributed by atoms with E-state index in [9.17, 15) is 9.90 Å². The molecule has 4 heteroatoms. The van der Waals surface area contributed by atoms with Crippen molar-refractivity contribution in [2.24, 2.45) is 5.84 Å². The fraction of sp³-hybridized carbons (Fsp3) is 0.800. The minimum absolute atomic E-state index is 0.111. The molecule has 0 unspecified atom stereocenters. The molecule has 0 atom stereocenters. The summed E-state index contributed by atoms with van der Waals surface area (Å²) in [5, 5.41) is 9.26. The highest BCUT2D eigenvalue weighted by Crippen LogP contribution is 1.61. The van der Waals surface area contributed by atoms with Crippen molar-refractivity contribution in [3.05, 3.63) is 0 Å². The molecule has 0 amide bonds. The Morgan fingerprint density at radius 2 is 1.89 bits per heavy atom. The first-order chi connectivity index (χ1) is 4.18. The van der Waals surface area contributed by atoms with Gasteiger partial charge >= 0.3 is 0 Å². The lowest BCUT2D eigenvalue weighted by atomic mass is 10.5. The summed E-state index contributed by atoms with van der Waals surface area (Å²) >= 11 is 0. The van der Waals surface area contributed by atoms with E-state index in [1.54, 1.807) is 5.43 Å². The molecular formula is C5H14N2O2. The molecule has 0 heterocycles. The molecule has 0 aromatic rings. The number of carbonyl (C=O) groups is 1. The van der Waals surface area contributed by atoms with Crippen LogP contribution in [-0.2, 0) is 4.79 Å². The van der Waals surface area contributed by atoms with Gasteiger partial charge in [-0.25, -0.2) is 0 Å². The van der Waals surface area contributed by atoms with Gasteiger partial charge in [-0.1, -0.05) is 6.92 Å². The normalized spacial score (nSPS) is 7.44. The van der Waals surface area contributed by atoms with Gasteiger partial charge in [0.1, 0.15) is 0 Å². The van der Waals surface area contributed by atoms with Crippen LogP contribution >= 0.6 is 0 Å². The zero-order valence-corrected chi connectivity index (χ0v) is 5.89. The molecule has 0 saturated carbocycles. The van der Waals surface area contributed by atoms with E-state index in [1.165, 1.54) is 6.92 Å². The summed E-state index contributed by atoms with van der Waals surface area (Å²) in [5.41, 5.74) is 1.62. The third-order valence-electron chi connectivity index (χ3n) is 0.524. The fourth-order valence-corrected chi connectivity index (χ4v) is 0. The average molecular weight is 134 g/mol. The second-order valence-corrected chi connectivity index (χ2v) is 1.37. The van der Waals surface area contributed by atoms with Crippen LogP contribution in [0.5, 0.6) is 0 Å². The molecule has 4 N–H and O–H groups in total. The number of hydrogen-bond donors (Lipinski definition) is 2. The van der Waals surface area contributed by atoms with Gasteiger partial charge in [-0.05, 0) is 13.3 Å². The van der Waals surface area contributed by atoms with Crippen LogP contribution in [0.15, 0.2) is 0 Å². The van der Waals surface area contributed by atoms with Gasteiger partial charge in [0.2, 0.25) is 0 Å². The molecule has 9 heavy (non-hydrogen) atoms. The molecule has 56 valence electrons. The average Bonchev–Trinajstić information content (AvgIpc) is 1.89. The molecule has 0 aliphatic carbocycles. The molecule has 0 aliphatic rings. The van der Waals surface area contributed by atoms with Gasteiger partial charge in [-0.15, -0.1) is 0 Å². The zero-order chi connectivity index (χ0) is 7.70. The van der Waals surface area contributed by atoms with Crippen LogP contribution in [0, 0.1) is 0 Å². The number of quaternary nitrogens is 1. The Labute approximate surface area is 55.0 Å². The van der Waals surface area contributed by atoms with Crippen molar-refractivity contribution in [1.82, 2.24) is 0 Å². The zero-order valence-electron chi connectivity index (χ0n) is 5.89. The Balaban J connectivity index is 0. The molecule has 0 radical (unpaired) electrons. The Hall–Kier alpha value is -0.610. The second kappa shape index (κ2) is 10.4. The first-order valence-electron chi connectivity index (χ1n) is 2.92. The molecule has 0 aromatic carbocycles. The summed E-state index contributed by atoms with van der Waals surface area (Å²) in [6.07, 6.45) is 0.111. The predicted octanol–water partition coefficient (Wildman–Crippen LogP) is -2.41. The Morgan fingerprint density at radius 3 is 1.89 bits per heavy atom. The van der Waals surface area contributed by atoms with Crippen molar-refractivity contribution in [3.63, 3.8) is 0 Å². The molecule has 0 aromatic heterocycles. The molecule has 0 saturated heterocycles. The maximum Gasteiger partial charge on any atom is 0.0899 e. The number of carboxylic acid groups (broad SMARTS) is 1. The van der Waals surface area contributed by atoms with E-state index in [1.807, 2.05) is 6.92 Å². The van der Waals surface area contributed by atoms with E-state index in [-0.39, 0.29) is 6.42 Å². The number of carbonyl (C=O) groups excluding carboxylic acids is 1. The van der Waals surface area contributed by atoms with Gasteiger partial charge in [0.25, 0.3) is 0 Å². The van der Waals surface area contributed by atoms with E-state index >= 15 is 0 Å². The van der Waals surface area contributed by atoms with E-state index in [0.717, 1.165) is 6.54 Å². The Morgan fingerprint density at radius 1 is 1.67 bits per heavy atom. The van der Waals surface area contributed by atoms with Crippen molar-refractivity contribution in [3.8, 4) is 0 Å². The SMILES string of the molecule is CCC(=O)[O-].CC[NH2+]N. The monoisotopic (exact) mass is 134 g/mol. The second-order valence-electron chi connectivity index (χ2n) is 1.37. The predicted molar refractivity (Wildman–Crippen MR) is 32.0 cm³/mol. The molecule has 0 aliphatic heterocycles. The minimum Gasteiger partial charge on any atom is -0.550 e. The van der Waals surface area contributed by atoms with E-state index in [4.69, 9.17) is 5.84 Å². The molecule has 0 bridgehead atoms. The maximum atomic E-state index is 9.26. The summed E-state index contributed by atoms with van der Waals surface area (Å²) < 4.78 is 0. The smallest absolute Gasteiger partial charge is 0.0899 e. The molecule has 0 spiro atoms. The lowest BCUT2D eigenvalue weighted by Crippen LogP contribution is -2.90. The fourth-order valence-electron chi connectivity index (χ4n) is 0. The van der Waals surface area contributed by atoms with Crippen molar-refractivity contribution in [1.29, 1.82) is 0 Å². The van der Waals surface area contributed by atoms with Crippen LogP contribution in [0.25, 0.3) is 0 Å². The van der Waals surface area contributed by atoms with Gasteiger partial charge in [0.05, 0.1) is 6.54 Å². The van der Waals surface area contributed by atoms with Gasteiger partial charge in [-0.3, -0.25) is 5.43 Å². The number of hydrogen-bond acceptors (Lipinski definition) is 3. The topological polar surface area (TPSA) is 82.8 Å². The Kier molecular flexibility index (Phi) is 13.0. The molecule has 4 nitrogen and oxygen atoms in total. The van der Waals surface area contributed by atoms with Crippen LogP contribution in [0.4, 0.5) is 0 Å². The highest BCUT2D eigenvalue weighted by molar-refractivity contribution is 5.63. The van der Waals surface area contributed by atoms with Gasteiger partial charge in [0.15, 0.2) is 0 Å². The summed E-state index contributed by atoms with van der Waals surface area (Å²) in [4.78, 5) is 9.26. The van der Waals surface area contributed by atoms with Crippen LogP contribution in [0.3, 0.4) is 0 Å². The summed E-state index contributed by atoms with van der Waals surface area (Å²) in [6.45, 7) is 4.51. The van der Waals surface area contributed by atoms with Crippen molar-refractivity contribution >= 4 is 5.97 Å².